The molecule has 0 spiro atoms. The molecular weight excluding hydrogens is 473 g/mol. The van der Waals surface area contributed by atoms with Gasteiger partial charge in [-0.05, 0) is 6.42 Å². The molecule has 0 aliphatic rings. The molecule has 0 aromatic rings. The van der Waals surface area contributed by atoms with Crippen LogP contribution in [-0.2, 0) is 9.53 Å². The first-order valence-electron chi connectivity index (χ1n) is 7.09. The van der Waals surface area contributed by atoms with Gasteiger partial charge < -0.3 is 4.74 Å². The fourth-order valence-electron chi connectivity index (χ4n) is 1.76. The van der Waals surface area contributed by atoms with Gasteiger partial charge in [-0.3, -0.25) is 4.79 Å². The van der Waals surface area contributed by atoms with Crippen LogP contribution in [0, 0.1) is 0 Å². The molecule has 0 fully saturated rings. The molecule has 0 rings (SSSR count). The Labute approximate surface area is 156 Å². The van der Waals surface area contributed by atoms with E-state index in [0.717, 1.165) is 0 Å². The van der Waals surface area contributed by atoms with Crippen LogP contribution in [0.3, 0.4) is 0 Å². The van der Waals surface area contributed by atoms with Crippen molar-refractivity contribution in [1.29, 1.82) is 0 Å². The molecule has 30 heavy (non-hydrogen) atoms. The van der Waals surface area contributed by atoms with Gasteiger partial charge in [-0.25, -0.2) is 0 Å². The molecular formula is C13H9F15O2. The molecule has 0 saturated heterocycles. The highest BCUT2D eigenvalue weighted by Gasteiger charge is 2.93. The Morgan fingerprint density at radius 3 is 1.40 bits per heavy atom. The number of halogens is 15. The number of ether oxygens (including phenoxy) is 1. The Morgan fingerprint density at radius 1 is 0.667 bits per heavy atom. The monoisotopic (exact) mass is 482 g/mol. The van der Waals surface area contributed by atoms with E-state index in [1.54, 1.807) is 0 Å². The van der Waals surface area contributed by atoms with Crippen LogP contribution < -0.4 is 0 Å². The Bertz CT molecular complexity index is 635. The molecule has 0 aliphatic carbocycles. The zero-order chi connectivity index (χ0) is 24.6. The van der Waals surface area contributed by atoms with Crippen molar-refractivity contribution in [2.45, 2.75) is 61.0 Å². The van der Waals surface area contributed by atoms with Crippen molar-refractivity contribution in [2.24, 2.45) is 0 Å². The van der Waals surface area contributed by atoms with Crippen molar-refractivity contribution in [3.8, 4) is 0 Å². The third-order valence-corrected chi connectivity index (χ3v) is 3.48. The molecule has 0 aromatic heterocycles. The number of rotatable bonds is 10. The number of hydrogen-bond donors (Lipinski definition) is 0. The molecule has 0 heterocycles. The summed E-state index contributed by atoms with van der Waals surface area (Å²) in [6.45, 7) is 2.81. The van der Waals surface area contributed by atoms with E-state index in [1.807, 2.05) is 0 Å². The van der Waals surface area contributed by atoms with Crippen molar-refractivity contribution in [3.05, 3.63) is 12.8 Å². The second kappa shape index (κ2) is 8.01. The minimum absolute atomic E-state index is 0.423. The molecule has 0 amide bonds. The van der Waals surface area contributed by atoms with E-state index in [2.05, 4.69) is 11.3 Å². The Morgan fingerprint density at radius 2 is 1.03 bits per heavy atom. The van der Waals surface area contributed by atoms with Gasteiger partial charge in [0.2, 0.25) is 0 Å². The number of carbonyl (C=O) groups excluding carboxylic acids is 1. The van der Waals surface area contributed by atoms with Crippen molar-refractivity contribution in [1.82, 2.24) is 0 Å². The van der Waals surface area contributed by atoms with Crippen molar-refractivity contribution < 1.29 is 75.4 Å². The maximum atomic E-state index is 13.4. The van der Waals surface area contributed by atoms with E-state index in [1.165, 1.54) is 0 Å². The van der Waals surface area contributed by atoms with Crippen LogP contribution in [0.1, 0.15) is 19.3 Å². The summed E-state index contributed by atoms with van der Waals surface area (Å²) in [7, 11) is 0. The first-order chi connectivity index (χ1) is 13.0. The molecule has 0 aliphatic heterocycles. The minimum Gasteiger partial charge on any atom is -0.435 e. The average molecular weight is 482 g/mol. The molecule has 17 heteroatoms. The van der Waals surface area contributed by atoms with Crippen molar-refractivity contribution in [3.63, 3.8) is 0 Å². The van der Waals surface area contributed by atoms with Crippen LogP contribution in [0.4, 0.5) is 65.9 Å². The second-order valence-corrected chi connectivity index (χ2v) is 5.58. The van der Waals surface area contributed by atoms with Gasteiger partial charge in [0.15, 0.2) is 0 Å². The van der Waals surface area contributed by atoms with Gasteiger partial charge in [-0.15, -0.1) is 0 Å². The summed E-state index contributed by atoms with van der Waals surface area (Å²) in [5, 5.41) is 0. The highest BCUT2D eigenvalue weighted by molar-refractivity contribution is 5.69. The SMILES string of the molecule is C=COC(=O)CCCC(F)(F)C(F)(F)C(F)(F)C(F)(F)C(F)(F)C(F)(F)C(F)(F)F. The summed E-state index contributed by atoms with van der Waals surface area (Å²) in [5.74, 6) is -48.1. The molecule has 178 valence electrons. The molecule has 0 aromatic carbocycles. The highest BCUT2D eigenvalue weighted by Crippen LogP contribution is 2.62. The standard InChI is InChI=1S/C13H9F15O2/c1-2-30-6(29)4-3-5-7(14,15)8(16,17)9(18,19)10(20,21)11(22,23)12(24,25)13(26,27)28/h2H,1,3-5H2. The average Bonchev–Trinajstić information content (AvgIpc) is 2.52. The van der Waals surface area contributed by atoms with Gasteiger partial charge in [0.05, 0.1) is 6.26 Å². The summed E-state index contributed by atoms with van der Waals surface area (Å²) in [4.78, 5) is 10.8. The van der Waals surface area contributed by atoms with Crippen LogP contribution in [-0.4, -0.2) is 47.7 Å². The van der Waals surface area contributed by atoms with Crippen molar-refractivity contribution >= 4 is 5.97 Å². The summed E-state index contributed by atoms with van der Waals surface area (Å²) in [6.07, 6.45) is -12.5. The van der Waals surface area contributed by atoms with E-state index >= 15 is 0 Å². The third-order valence-electron chi connectivity index (χ3n) is 3.48. The molecule has 0 N–H and O–H groups in total. The van der Waals surface area contributed by atoms with Crippen molar-refractivity contribution in [2.75, 3.05) is 0 Å². The topological polar surface area (TPSA) is 26.3 Å². The Kier molecular flexibility index (Phi) is 7.52. The second-order valence-electron chi connectivity index (χ2n) is 5.58. The summed E-state index contributed by atoms with van der Waals surface area (Å²) < 4.78 is 197. The number of alkyl halides is 15. The lowest BCUT2D eigenvalue weighted by Crippen LogP contribution is -2.72. The lowest BCUT2D eigenvalue weighted by Gasteiger charge is -2.41. The highest BCUT2D eigenvalue weighted by atomic mass is 19.4. The lowest BCUT2D eigenvalue weighted by molar-refractivity contribution is -0.452. The molecule has 2 nitrogen and oxygen atoms in total. The maximum Gasteiger partial charge on any atom is 0.460 e. The number of carbonyl (C=O) groups is 1. The van der Waals surface area contributed by atoms with Gasteiger partial charge in [0.25, 0.3) is 0 Å². The van der Waals surface area contributed by atoms with E-state index in [-0.39, 0.29) is 0 Å². The molecule has 0 radical (unpaired) electrons. The first kappa shape index (κ1) is 28.2. The smallest absolute Gasteiger partial charge is 0.435 e. The van der Waals surface area contributed by atoms with Gasteiger partial charge in [0, 0.05) is 12.8 Å². The van der Waals surface area contributed by atoms with Crippen LogP contribution in [0.25, 0.3) is 0 Å². The quantitative estimate of drug-likeness (QED) is 0.210. The van der Waals surface area contributed by atoms with Gasteiger partial charge in [-0.1, -0.05) is 6.58 Å². The van der Waals surface area contributed by atoms with Gasteiger partial charge >= 0.3 is 47.7 Å². The van der Waals surface area contributed by atoms with E-state index in [0.29, 0.717) is 6.26 Å². The van der Waals surface area contributed by atoms with E-state index < -0.39 is 66.9 Å². The lowest BCUT2D eigenvalue weighted by atomic mass is 9.89. The molecule has 0 unspecified atom stereocenters. The zero-order valence-electron chi connectivity index (χ0n) is 13.9. The first-order valence-corrected chi connectivity index (χ1v) is 7.09. The summed E-state index contributed by atoms with van der Waals surface area (Å²) in [6, 6.07) is 0. The fraction of sp³-hybridized carbons (Fsp3) is 0.769. The fourth-order valence-corrected chi connectivity index (χ4v) is 1.76. The number of esters is 1. The molecule has 0 bridgehead atoms. The van der Waals surface area contributed by atoms with Gasteiger partial charge in [0.1, 0.15) is 0 Å². The van der Waals surface area contributed by atoms with Gasteiger partial charge in [-0.2, -0.15) is 65.9 Å². The van der Waals surface area contributed by atoms with Crippen LogP contribution in [0.15, 0.2) is 12.8 Å². The summed E-state index contributed by atoms with van der Waals surface area (Å²) in [5.41, 5.74) is 0. The van der Waals surface area contributed by atoms with Crippen LogP contribution >= 0.6 is 0 Å². The van der Waals surface area contributed by atoms with Crippen LogP contribution in [0.5, 0.6) is 0 Å². The molecule has 0 saturated carbocycles. The Balaban J connectivity index is 6.04. The number of hydrogen-bond acceptors (Lipinski definition) is 2. The molecule has 0 atom stereocenters. The van der Waals surface area contributed by atoms with Crippen LogP contribution in [0.2, 0.25) is 0 Å². The largest absolute Gasteiger partial charge is 0.460 e. The third kappa shape index (κ3) is 4.29. The van der Waals surface area contributed by atoms with E-state index in [4.69, 9.17) is 0 Å². The minimum atomic E-state index is -8.31. The zero-order valence-corrected chi connectivity index (χ0v) is 13.9. The predicted molar refractivity (Wildman–Crippen MR) is 65.9 cm³/mol. The summed E-state index contributed by atoms with van der Waals surface area (Å²) >= 11 is 0. The maximum absolute atomic E-state index is 13.4. The Hall–Kier alpha value is -1.84. The normalized spacial score (nSPS) is 15.2. The predicted octanol–water partition coefficient (Wildman–Crippen LogP) is 6.22. The van der Waals surface area contributed by atoms with E-state index in [9.17, 15) is 70.7 Å².